The summed E-state index contributed by atoms with van der Waals surface area (Å²) in [5.74, 6) is -0.807. The second-order valence-electron chi connectivity index (χ2n) is 4.59. The molecule has 0 atom stereocenters. The summed E-state index contributed by atoms with van der Waals surface area (Å²) in [4.78, 5) is 22.1. The zero-order valence-electron chi connectivity index (χ0n) is 9.50. The third-order valence-corrected chi connectivity index (χ3v) is 3.21. The number of nitrogens with one attached hydrogen (secondary N) is 1. The Labute approximate surface area is 95.4 Å². The van der Waals surface area contributed by atoms with Gasteiger partial charge in [-0.05, 0) is 31.2 Å². The Balaban J connectivity index is 2.28. The van der Waals surface area contributed by atoms with Crippen molar-refractivity contribution in [3.63, 3.8) is 0 Å². The van der Waals surface area contributed by atoms with E-state index in [1.165, 1.54) is 0 Å². The van der Waals surface area contributed by atoms with E-state index in [1.807, 2.05) is 0 Å². The molecule has 1 aliphatic rings. The summed E-state index contributed by atoms with van der Waals surface area (Å²) in [6.07, 6.45) is 4.13. The van der Waals surface area contributed by atoms with Gasteiger partial charge in [0.25, 0.3) is 0 Å². The van der Waals surface area contributed by atoms with E-state index in [9.17, 15) is 9.59 Å². The van der Waals surface area contributed by atoms with E-state index in [-0.39, 0.29) is 17.7 Å². The number of carbonyl (C=O) groups excluding carboxylic acids is 1. The molecule has 1 saturated carbocycles. The Hall–Kier alpha value is -1.10. The molecule has 0 radical (unpaired) electrons. The molecular weight excluding hydrogens is 208 g/mol. The van der Waals surface area contributed by atoms with Crippen LogP contribution in [0.4, 0.5) is 0 Å². The average molecular weight is 228 g/mol. The smallest absolute Gasteiger partial charge is 0.303 e. The quantitative estimate of drug-likeness (QED) is 0.591. The van der Waals surface area contributed by atoms with Crippen molar-refractivity contribution in [1.29, 1.82) is 0 Å². The summed E-state index contributed by atoms with van der Waals surface area (Å²) in [6.45, 7) is 0.996. The molecule has 0 aliphatic heterocycles. The maximum atomic E-state index is 11.4. The van der Waals surface area contributed by atoms with Crippen molar-refractivity contribution in [3.8, 4) is 0 Å². The van der Waals surface area contributed by atoms with Crippen LogP contribution in [0.3, 0.4) is 0 Å². The van der Waals surface area contributed by atoms with Gasteiger partial charge in [0.05, 0.1) is 6.42 Å². The lowest BCUT2D eigenvalue weighted by Gasteiger charge is -2.40. The first-order valence-electron chi connectivity index (χ1n) is 5.76. The minimum atomic E-state index is -0.782. The van der Waals surface area contributed by atoms with Crippen molar-refractivity contribution >= 4 is 11.9 Å². The number of rotatable bonds is 7. The standard InChI is InChI=1S/C11H20N2O3/c12-6-1-3-9(14)13-8-11(4-2-5-11)7-10(15)16/h1-8,12H2,(H,13,14)(H,15,16). The number of amides is 1. The number of carboxylic acid groups (broad SMARTS) is 1. The summed E-state index contributed by atoms with van der Waals surface area (Å²) in [5.41, 5.74) is 5.11. The molecule has 1 fully saturated rings. The van der Waals surface area contributed by atoms with E-state index < -0.39 is 5.97 Å². The van der Waals surface area contributed by atoms with Crippen molar-refractivity contribution in [2.75, 3.05) is 13.1 Å². The number of nitrogens with two attached hydrogens (primary N) is 1. The number of hydrogen-bond donors (Lipinski definition) is 3. The van der Waals surface area contributed by atoms with E-state index in [1.54, 1.807) is 0 Å². The molecule has 5 nitrogen and oxygen atoms in total. The fourth-order valence-electron chi connectivity index (χ4n) is 2.05. The third kappa shape index (κ3) is 3.81. The molecule has 1 rings (SSSR count). The van der Waals surface area contributed by atoms with E-state index in [0.717, 1.165) is 19.3 Å². The van der Waals surface area contributed by atoms with Crippen molar-refractivity contribution in [2.45, 2.75) is 38.5 Å². The normalized spacial score (nSPS) is 17.6. The summed E-state index contributed by atoms with van der Waals surface area (Å²) in [5, 5.41) is 11.6. The van der Waals surface area contributed by atoms with Gasteiger partial charge in [0.1, 0.15) is 0 Å². The lowest BCUT2D eigenvalue weighted by atomic mass is 9.66. The van der Waals surface area contributed by atoms with Crippen LogP contribution in [0.15, 0.2) is 0 Å². The molecule has 92 valence electrons. The van der Waals surface area contributed by atoms with Gasteiger partial charge in [-0.1, -0.05) is 6.42 Å². The molecule has 0 aromatic heterocycles. The number of carbonyl (C=O) groups is 2. The van der Waals surface area contributed by atoms with E-state index in [2.05, 4.69) is 5.32 Å². The van der Waals surface area contributed by atoms with Crippen LogP contribution in [0.5, 0.6) is 0 Å². The van der Waals surface area contributed by atoms with Crippen LogP contribution in [-0.4, -0.2) is 30.1 Å². The Kier molecular flexibility index (Phi) is 4.73. The maximum Gasteiger partial charge on any atom is 0.303 e. The first-order chi connectivity index (χ1) is 7.58. The van der Waals surface area contributed by atoms with Gasteiger partial charge < -0.3 is 16.2 Å². The van der Waals surface area contributed by atoms with Gasteiger partial charge in [-0.3, -0.25) is 9.59 Å². The van der Waals surface area contributed by atoms with Crippen LogP contribution < -0.4 is 11.1 Å². The minimum Gasteiger partial charge on any atom is -0.481 e. The largest absolute Gasteiger partial charge is 0.481 e. The van der Waals surface area contributed by atoms with Crippen LogP contribution in [0, 0.1) is 5.41 Å². The number of carboxylic acids is 1. The van der Waals surface area contributed by atoms with Gasteiger partial charge in [-0.15, -0.1) is 0 Å². The van der Waals surface area contributed by atoms with Crippen LogP contribution >= 0.6 is 0 Å². The summed E-state index contributed by atoms with van der Waals surface area (Å²) in [7, 11) is 0. The highest BCUT2D eigenvalue weighted by molar-refractivity contribution is 5.76. The Bertz CT molecular complexity index is 262. The Morgan fingerprint density at radius 1 is 1.38 bits per heavy atom. The monoisotopic (exact) mass is 228 g/mol. The third-order valence-electron chi connectivity index (χ3n) is 3.21. The van der Waals surface area contributed by atoms with Crippen molar-refractivity contribution in [1.82, 2.24) is 5.32 Å². The highest BCUT2D eigenvalue weighted by Crippen LogP contribution is 2.43. The maximum absolute atomic E-state index is 11.4. The van der Waals surface area contributed by atoms with Crippen LogP contribution in [-0.2, 0) is 9.59 Å². The van der Waals surface area contributed by atoms with Gasteiger partial charge in [0.15, 0.2) is 0 Å². The first kappa shape index (κ1) is 13.0. The zero-order valence-corrected chi connectivity index (χ0v) is 9.50. The van der Waals surface area contributed by atoms with Gasteiger partial charge in [-0.25, -0.2) is 0 Å². The Morgan fingerprint density at radius 2 is 2.06 bits per heavy atom. The van der Waals surface area contributed by atoms with Gasteiger partial charge in [-0.2, -0.15) is 0 Å². The molecule has 1 aliphatic carbocycles. The molecule has 1 amide bonds. The number of hydrogen-bond acceptors (Lipinski definition) is 3. The van der Waals surface area contributed by atoms with Gasteiger partial charge >= 0.3 is 5.97 Å². The highest BCUT2D eigenvalue weighted by Gasteiger charge is 2.39. The SMILES string of the molecule is NCCCC(=O)NCC1(CC(=O)O)CCC1. The fraction of sp³-hybridized carbons (Fsp3) is 0.818. The molecule has 5 heteroatoms. The molecule has 4 N–H and O–H groups in total. The van der Waals surface area contributed by atoms with Crippen LogP contribution in [0.2, 0.25) is 0 Å². The predicted molar refractivity (Wildman–Crippen MR) is 59.8 cm³/mol. The molecule has 0 spiro atoms. The minimum absolute atomic E-state index is 0.0258. The average Bonchev–Trinajstić information content (AvgIpc) is 2.18. The molecule has 16 heavy (non-hydrogen) atoms. The topological polar surface area (TPSA) is 92.4 Å². The molecule has 0 aromatic rings. The molecule has 0 heterocycles. The van der Waals surface area contributed by atoms with Crippen molar-refractivity contribution < 1.29 is 14.7 Å². The highest BCUT2D eigenvalue weighted by atomic mass is 16.4. The van der Waals surface area contributed by atoms with Gasteiger partial charge in [0, 0.05) is 13.0 Å². The Morgan fingerprint density at radius 3 is 2.50 bits per heavy atom. The second-order valence-corrected chi connectivity index (χ2v) is 4.59. The zero-order chi connectivity index (χ0) is 12.0. The molecule has 0 aromatic carbocycles. The molecule has 0 saturated heterocycles. The molecular formula is C11H20N2O3. The second kappa shape index (κ2) is 5.84. The lowest BCUT2D eigenvalue weighted by Crippen LogP contribution is -2.43. The van der Waals surface area contributed by atoms with Crippen LogP contribution in [0.1, 0.15) is 38.5 Å². The van der Waals surface area contributed by atoms with Gasteiger partial charge in [0.2, 0.25) is 5.91 Å². The van der Waals surface area contributed by atoms with Crippen molar-refractivity contribution in [3.05, 3.63) is 0 Å². The summed E-state index contributed by atoms with van der Waals surface area (Å²) < 4.78 is 0. The number of aliphatic carboxylic acids is 1. The molecule has 0 bridgehead atoms. The van der Waals surface area contributed by atoms with Crippen LogP contribution in [0.25, 0.3) is 0 Å². The molecule has 0 unspecified atom stereocenters. The lowest BCUT2D eigenvalue weighted by molar-refractivity contribution is -0.141. The summed E-state index contributed by atoms with van der Waals surface area (Å²) in [6, 6.07) is 0. The van der Waals surface area contributed by atoms with E-state index in [0.29, 0.717) is 25.9 Å². The van der Waals surface area contributed by atoms with Crippen molar-refractivity contribution in [2.24, 2.45) is 11.1 Å². The first-order valence-corrected chi connectivity index (χ1v) is 5.76. The predicted octanol–water partition coefficient (Wildman–Crippen LogP) is 0.486. The van der Waals surface area contributed by atoms with E-state index >= 15 is 0 Å². The van der Waals surface area contributed by atoms with E-state index in [4.69, 9.17) is 10.8 Å². The fourth-order valence-corrected chi connectivity index (χ4v) is 2.05. The summed E-state index contributed by atoms with van der Waals surface area (Å²) >= 11 is 0.